The summed E-state index contributed by atoms with van der Waals surface area (Å²) in [6.45, 7) is 2.32. The van der Waals surface area contributed by atoms with Crippen LogP contribution in [0.1, 0.15) is 10.4 Å². The van der Waals surface area contributed by atoms with Crippen LogP contribution in [0.2, 0.25) is 5.02 Å². The predicted molar refractivity (Wildman–Crippen MR) is 122 cm³/mol. The highest BCUT2D eigenvalue weighted by Gasteiger charge is 2.24. The van der Waals surface area contributed by atoms with Gasteiger partial charge in [-0.05, 0) is 24.3 Å². The lowest BCUT2D eigenvalue weighted by molar-refractivity contribution is 0.0746. The number of carbonyl (C=O) groups excluding carboxylic acids is 1. The summed E-state index contributed by atoms with van der Waals surface area (Å²) in [5, 5.41) is 5.78. The molecule has 0 radical (unpaired) electrons. The number of fused-ring (bicyclic) bond motifs is 1. The Balaban J connectivity index is 1.34. The van der Waals surface area contributed by atoms with E-state index in [1.165, 1.54) is 21.9 Å². The average molecular weight is 452 g/mol. The molecule has 9 heteroatoms. The Morgan fingerprint density at radius 3 is 2.39 bits per heavy atom. The molecule has 1 amide bonds. The Kier molecular flexibility index (Phi) is 5.17. The molecule has 5 rings (SSSR count). The number of hydrogen-bond donors (Lipinski definition) is 0. The second-order valence-corrected chi connectivity index (χ2v) is 8.60. The molecule has 156 valence electrons. The second kappa shape index (κ2) is 8.13. The van der Waals surface area contributed by atoms with Crippen molar-refractivity contribution in [2.75, 3.05) is 31.1 Å². The number of hydrogen-bond acceptors (Lipinski definition) is 6. The van der Waals surface area contributed by atoms with E-state index in [2.05, 4.69) is 10.1 Å². The first kappa shape index (κ1) is 19.7. The molecule has 2 aromatic carbocycles. The van der Waals surface area contributed by atoms with E-state index in [1.54, 1.807) is 24.3 Å². The van der Waals surface area contributed by atoms with Gasteiger partial charge in [-0.15, -0.1) is 0 Å². The third kappa shape index (κ3) is 3.92. The molecule has 7 nitrogen and oxygen atoms in total. The highest BCUT2D eigenvalue weighted by atomic mass is 35.5. The Bertz CT molecular complexity index is 1300. The molecule has 1 fully saturated rings. The third-order valence-corrected chi connectivity index (χ3v) is 6.44. The summed E-state index contributed by atoms with van der Waals surface area (Å²) in [4.78, 5) is 34.4. The van der Waals surface area contributed by atoms with Crippen LogP contribution in [0.25, 0.3) is 15.5 Å². The van der Waals surface area contributed by atoms with Crippen molar-refractivity contribution < 1.29 is 4.79 Å². The maximum absolute atomic E-state index is 12.7. The van der Waals surface area contributed by atoms with Crippen molar-refractivity contribution in [1.29, 1.82) is 0 Å². The van der Waals surface area contributed by atoms with Gasteiger partial charge in [0.25, 0.3) is 11.5 Å². The molecule has 0 atom stereocenters. The van der Waals surface area contributed by atoms with E-state index in [0.29, 0.717) is 47.5 Å². The summed E-state index contributed by atoms with van der Waals surface area (Å²) in [6, 6.07) is 18.2. The van der Waals surface area contributed by atoms with Crippen molar-refractivity contribution in [3.63, 3.8) is 0 Å². The number of anilines is 1. The Labute approximate surface area is 187 Å². The van der Waals surface area contributed by atoms with Gasteiger partial charge in [-0.1, -0.05) is 53.3 Å². The van der Waals surface area contributed by atoms with Crippen molar-refractivity contribution in [3.05, 3.63) is 81.6 Å². The van der Waals surface area contributed by atoms with Gasteiger partial charge in [0.2, 0.25) is 4.96 Å². The number of benzene rings is 2. The van der Waals surface area contributed by atoms with Crippen LogP contribution in [0.5, 0.6) is 0 Å². The number of aromatic nitrogens is 3. The zero-order valence-electron chi connectivity index (χ0n) is 16.4. The zero-order chi connectivity index (χ0) is 21.4. The first-order valence-corrected chi connectivity index (χ1v) is 11.0. The fourth-order valence-electron chi connectivity index (χ4n) is 3.57. The van der Waals surface area contributed by atoms with E-state index in [9.17, 15) is 9.59 Å². The molecule has 2 aromatic heterocycles. The average Bonchev–Trinajstić information content (AvgIpc) is 3.25. The lowest BCUT2D eigenvalue weighted by Gasteiger charge is -2.35. The smallest absolute Gasteiger partial charge is 0.277 e. The first-order chi connectivity index (χ1) is 15.1. The van der Waals surface area contributed by atoms with Crippen LogP contribution in [0.15, 0.2) is 65.5 Å². The van der Waals surface area contributed by atoms with E-state index in [-0.39, 0.29) is 11.5 Å². The van der Waals surface area contributed by atoms with Gasteiger partial charge in [-0.3, -0.25) is 9.59 Å². The molecule has 0 unspecified atom stereocenters. The van der Waals surface area contributed by atoms with Gasteiger partial charge in [0.15, 0.2) is 0 Å². The highest BCUT2D eigenvalue weighted by molar-refractivity contribution is 7.19. The minimum absolute atomic E-state index is 0.0187. The molecule has 0 aliphatic carbocycles. The fraction of sp³-hybridized carbons (Fsp3) is 0.182. The molecule has 1 saturated heterocycles. The van der Waals surface area contributed by atoms with Gasteiger partial charge in [-0.2, -0.15) is 9.61 Å². The molecular formula is C22H18ClN5O2S. The molecule has 1 aliphatic heterocycles. The Hall–Kier alpha value is -3.23. The molecular weight excluding hydrogens is 434 g/mol. The van der Waals surface area contributed by atoms with Gasteiger partial charge in [0.05, 0.1) is 0 Å². The minimum atomic E-state index is -0.210. The topological polar surface area (TPSA) is 70.8 Å². The van der Waals surface area contributed by atoms with Gasteiger partial charge in [0, 0.05) is 48.4 Å². The van der Waals surface area contributed by atoms with Crippen molar-refractivity contribution >= 4 is 39.6 Å². The number of rotatable bonds is 3. The van der Waals surface area contributed by atoms with Crippen molar-refractivity contribution in [1.82, 2.24) is 19.5 Å². The van der Waals surface area contributed by atoms with Crippen molar-refractivity contribution in [2.24, 2.45) is 0 Å². The number of amides is 1. The largest absolute Gasteiger partial charge is 0.353 e. The zero-order valence-corrected chi connectivity index (χ0v) is 18.0. The Morgan fingerprint density at radius 2 is 1.68 bits per heavy atom. The van der Waals surface area contributed by atoms with E-state index in [4.69, 9.17) is 11.6 Å². The third-order valence-electron chi connectivity index (χ3n) is 5.23. The lowest BCUT2D eigenvalue weighted by atomic mass is 10.2. The minimum Gasteiger partial charge on any atom is -0.353 e. The first-order valence-electron chi connectivity index (χ1n) is 9.85. The van der Waals surface area contributed by atoms with E-state index < -0.39 is 0 Å². The van der Waals surface area contributed by atoms with Crippen LogP contribution in [0.4, 0.5) is 5.82 Å². The monoisotopic (exact) mass is 451 g/mol. The second-order valence-electron chi connectivity index (χ2n) is 7.21. The molecule has 4 aromatic rings. The molecule has 3 heterocycles. The van der Waals surface area contributed by atoms with Gasteiger partial charge in [0.1, 0.15) is 10.8 Å². The normalized spacial score (nSPS) is 14.2. The van der Waals surface area contributed by atoms with E-state index in [0.717, 1.165) is 10.6 Å². The maximum Gasteiger partial charge on any atom is 0.277 e. The number of nitrogens with zero attached hydrogens (tertiary/aromatic N) is 5. The standard InChI is InChI=1S/C22H18ClN5O2S/c23-17-8-6-16(7-9-17)21(30)27-12-10-26(11-13-27)18-14-19(29)28-22(24-18)31-20(25-28)15-4-2-1-3-5-15/h1-9,14H,10-13H2. The summed E-state index contributed by atoms with van der Waals surface area (Å²) >= 11 is 7.30. The summed E-state index contributed by atoms with van der Waals surface area (Å²) in [5.74, 6) is 0.599. The Morgan fingerprint density at radius 1 is 0.968 bits per heavy atom. The number of piperazine rings is 1. The van der Waals surface area contributed by atoms with Crippen molar-refractivity contribution in [3.8, 4) is 10.6 Å². The molecule has 1 aliphatic rings. The highest BCUT2D eigenvalue weighted by Crippen LogP contribution is 2.25. The van der Waals surface area contributed by atoms with Crippen LogP contribution >= 0.6 is 22.9 Å². The van der Waals surface area contributed by atoms with Gasteiger partial charge >= 0.3 is 0 Å². The van der Waals surface area contributed by atoms with Crippen molar-refractivity contribution in [2.45, 2.75) is 0 Å². The predicted octanol–water partition coefficient (Wildman–Crippen LogP) is 3.43. The van der Waals surface area contributed by atoms with Crippen LogP contribution in [0.3, 0.4) is 0 Å². The number of carbonyl (C=O) groups is 1. The fourth-order valence-corrected chi connectivity index (χ4v) is 4.60. The van der Waals surface area contributed by atoms with Gasteiger partial charge in [-0.25, -0.2) is 4.98 Å². The van der Waals surface area contributed by atoms with Crippen LogP contribution in [-0.4, -0.2) is 51.6 Å². The van der Waals surface area contributed by atoms with Crippen LogP contribution < -0.4 is 10.5 Å². The molecule has 31 heavy (non-hydrogen) atoms. The SMILES string of the molecule is O=C(c1ccc(Cl)cc1)N1CCN(c2cc(=O)n3nc(-c4ccccc4)sc3n2)CC1. The lowest BCUT2D eigenvalue weighted by Crippen LogP contribution is -2.49. The molecule has 0 bridgehead atoms. The summed E-state index contributed by atoms with van der Waals surface area (Å²) in [5.41, 5.74) is 1.36. The molecule has 0 N–H and O–H groups in total. The number of halogens is 1. The molecule has 0 saturated carbocycles. The maximum atomic E-state index is 12.7. The molecule has 0 spiro atoms. The summed E-state index contributed by atoms with van der Waals surface area (Å²) in [6.07, 6.45) is 0. The quantitative estimate of drug-likeness (QED) is 0.477. The summed E-state index contributed by atoms with van der Waals surface area (Å²) < 4.78 is 1.34. The summed E-state index contributed by atoms with van der Waals surface area (Å²) in [7, 11) is 0. The van der Waals surface area contributed by atoms with E-state index in [1.807, 2.05) is 40.1 Å². The van der Waals surface area contributed by atoms with Crippen LogP contribution in [0, 0.1) is 0 Å². The van der Waals surface area contributed by atoms with Crippen LogP contribution in [-0.2, 0) is 0 Å². The van der Waals surface area contributed by atoms with E-state index >= 15 is 0 Å². The van der Waals surface area contributed by atoms with Gasteiger partial charge < -0.3 is 9.80 Å².